The summed E-state index contributed by atoms with van der Waals surface area (Å²) in [5.41, 5.74) is 0.363. The third-order valence-corrected chi connectivity index (χ3v) is 2.61. The van der Waals surface area contributed by atoms with E-state index in [4.69, 9.17) is 4.74 Å². The maximum absolute atomic E-state index is 11.8. The normalized spacial score (nSPS) is 10.3. The summed E-state index contributed by atoms with van der Waals surface area (Å²) in [7, 11) is 3.95. The Morgan fingerprint density at radius 3 is 2.42 bits per heavy atom. The molecule has 0 saturated carbocycles. The van der Waals surface area contributed by atoms with E-state index in [1.165, 1.54) is 25.8 Å². The molecular formula is C12H12N2O5. The van der Waals surface area contributed by atoms with Gasteiger partial charge < -0.3 is 14.2 Å². The van der Waals surface area contributed by atoms with Crippen molar-refractivity contribution in [2.45, 2.75) is 0 Å². The van der Waals surface area contributed by atoms with Gasteiger partial charge in [-0.1, -0.05) is 0 Å². The number of carbonyl (C=O) groups is 2. The molecule has 0 bridgehead atoms. The van der Waals surface area contributed by atoms with Crippen LogP contribution in [0.5, 0.6) is 5.75 Å². The first-order valence-corrected chi connectivity index (χ1v) is 5.35. The van der Waals surface area contributed by atoms with E-state index < -0.39 is 11.9 Å². The molecule has 2 aromatic heterocycles. The van der Waals surface area contributed by atoms with Gasteiger partial charge in [0.25, 0.3) is 0 Å². The Kier molecular flexibility index (Phi) is 3.37. The minimum atomic E-state index is -0.705. The molecule has 0 unspecified atom stereocenters. The lowest BCUT2D eigenvalue weighted by atomic mass is 10.2. The molecular weight excluding hydrogens is 252 g/mol. The molecule has 0 aliphatic rings. The Labute approximate surface area is 108 Å². The van der Waals surface area contributed by atoms with Gasteiger partial charge in [-0.25, -0.2) is 14.1 Å². The van der Waals surface area contributed by atoms with Crippen LogP contribution in [0.1, 0.15) is 20.8 Å². The quantitative estimate of drug-likeness (QED) is 0.767. The third-order valence-electron chi connectivity index (χ3n) is 2.61. The van der Waals surface area contributed by atoms with Crippen LogP contribution in [0.4, 0.5) is 0 Å². The van der Waals surface area contributed by atoms with Crippen molar-refractivity contribution in [3.8, 4) is 5.75 Å². The van der Waals surface area contributed by atoms with E-state index in [-0.39, 0.29) is 11.3 Å². The average Bonchev–Trinajstić information content (AvgIpc) is 2.83. The predicted octanol–water partition coefficient (Wildman–Crippen LogP) is 0.916. The molecule has 0 radical (unpaired) electrons. The molecule has 0 spiro atoms. The maximum atomic E-state index is 11.8. The smallest absolute Gasteiger partial charge is 0.359 e. The molecule has 0 fully saturated rings. The number of carbonyl (C=O) groups excluding carboxylic acids is 2. The van der Waals surface area contributed by atoms with E-state index in [0.717, 1.165) is 0 Å². The molecule has 0 saturated heterocycles. The second-order valence-electron chi connectivity index (χ2n) is 3.60. The lowest BCUT2D eigenvalue weighted by Crippen LogP contribution is -2.10. The zero-order valence-corrected chi connectivity index (χ0v) is 10.7. The Hall–Kier alpha value is -2.57. The van der Waals surface area contributed by atoms with E-state index in [2.05, 4.69) is 14.6 Å². The minimum Gasteiger partial charge on any atom is -0.497 e. The number of hydrogen-bond donors (Lipinski definition) is 0. The maximum Gasteiger partial charge on any atom is 0.359 e. The van der Waals surface area contributed by atoms with Gasteiger partial charge in [0, 0.05) is 12.3 Å². The van der Waals surface area contributed by atoms with Gasteiger partial charge in [-0.2, -0.15) is 5.10 Å². The number of aromatic nitrogens is 2. The van der Waals surface area contributed by atoms with Crippen molar-refractivity contribution >= 4 is 17.5 Å². The summed E-state index contributed by atoms with van der Waals surface area (Å²) < 4.78 is 15.7. The first-order valence-electron chi connectivity index (χ1n) is 5.35. The fourth-order valence-corrected chi connectivity index (χ4v) is 1.70. The average molecular weight is 264 g/mol. The Bertz CT molecular complexity index is 647. The van der Waals surface area contributed by atoms with Crippen molar-refractivity contribution in [1.29, 1.82) is 0 Å². The van der Waals surface area contributed by atoms with Gasteiger partial charge >= 0.3 is 11.9 Å². The van der Waals surface area contributed by atoms with Crippen molar-refractivity contribution in [3.05, 3.63) is 29.6 Å². The molecule has 0 aliphatic carbocycles. The Morgan fingerprint density at radius 2 is 1.84 bits per heavy atom. The van der Waals surface area contributed by atoms with Crippen molar-refractivity contribution in [1.82, 2.24) is 9.61 Å². The van der Waals surface area contributed by atoms with Crippen LogP contribution in [0.25, 0.3) is 5.52 Å². The monoisotopic (exact) mass is 264 g/mol. The lowest BCUT2D eigenvalue weighted by Gasteiger charge is -2.01. The van der Waals surface area contributed by atoms with Crippen LogP contribution in [0.15, 0.2) is 18.3 Å². The highest BCUT2D eigenvalue weighted by atomic mass is 16.5. The molecule has 2 aromatic rings. The van der Waals surface area contributed by atoms with Crippen molar-refractivity contribution < 1.29 is 23.8 Å². The summed E-state index contributed by atoms with van der Waals surface area (Å²) >= 11 is 0. The summed E-state index contributed by atoms with van der Waals surface area (Å²) in [6.45, 7) is 0. The van der Waals surface area contributed by atoms with Gasteiger partial charge in [-0.05, 0) is 6.07 Å². The van der Waals surface area contributed by atoms with Crippen molar-refractivity contribution in [3.63, 3.8) is 0 Å². The summed E-state index contributed by atoms with van der Waals surface area (Å²) in [5.74, 6) is -0.833. The van der Waals surface area contributed by atoms with E-state index in [1.807, 2.05) is 0 Å². The number of pyridine rings is 1. The first kappa shape index (κ1) is 12.9. The van der Waals surface area contributed by atoms with Crippen LogP contribution >= 0.6 is 0 Å². The summed E-state index contributed by atoms with van der Waals surface area (Å²) in [4.78, 5) is 23.4. The van der Waals surface area contributed by atoms with Crippen LogP contribution < -0.4 is 4.74 Å². The van der Waals surface area contributed by atoms with E-state index in [9.17, 15) is 9.59 Å². The molecule has 19 heavy (non-hydrogen) atoms. The van der Waals surface area contributed by atoms with Crippen LogP contribution in [-0.2, 0) is 9.47 Å². The second kappa shape index (κ2) is 4.97. The highest BCUT2D eigenvalue weighted by Gasteiger charge is 2.26. The number of nitrogens with zero attached hydrogens (tertiary/aromatic N) is 2. The first-order chi connectivity index (χ1) is 9.12. The van der Waals surface area contributed by atoms with Crippen molar-refractivity contribution in [2.75, 3.05) is 21.3 Å². The van der Waals surface area contributed by atoms with Crippen LogP contribution in [0.2, 0.25) is 0 Å². The molecule has 0 aromatic carbocycles. The van der Waals surface area contributed by atoms with Gasteiger partial charge in [0.1, 0.15) is 11.3 Å². The zero-order valence-electron chi connectivity index (χ0n) is 10.7. The summed E-state index contributed by atoms with van der Waals surface area (Å²) in [6, 6.07) is 3.24. The van der Waals surface area contributed by atoms with Crippen molar-refractivity contribution in [2.24, 2.45) is 0 Å². The highest BCUT2D eigenvalue weighted by molar-refractivity contribution is 6.07. The fraction of sp³-hybridized carbons (Fsp3) is 0.250. The zero-order chi connectivity index (χ0) is 14.0. The number of methoxy groups -OCH3 is 3. The van der Waals surface area contributed by atoms with E-state index in [0.29, 0.717) is 11.3 Å². The topological polar surface area (TPSA) is 79.1 Å². The largest absolute Gasteiger partial charge is 0.497 e. The molecule has 2 rings (SSSR count). The summed E-state index contributed by atoms with van der Waals surface area (Å²) in [6.07, 6.45) is 1.58. The number of hydrogen-bond acceptors (Lipinski definition) is 6. The van der Waals surface area contributed by atoms with Crippen LogP contribution in [-0.4, -0.2) is 42.9 Å². The standard InChI is InChI=1S/C12H12N2O5/c1-17-7-4-5-14-8(6-7)9(11(15)18-2)10(13-14)12(16)19-3/h4-6H,1-3H3. The van der Waals surface area contributed by atoms with Crippen LogP contribution in [0.3, 0.4) is 0 Å². The summed E-state index contributed by atoms with van der Waals surface area (Å²) in [5, 5.41) is 4.01. The molecule has 7 heteroatoms. The minimum absolute atomic E-state index is 0.0493. The third kappa shape index (κ3) is 2.10. The molecule has 100 valence electrons. The second-order valence-corrected chi connectivity index (χ2v) is 3.60. The van der Waals surface area contributed by atoms with Crippen LogP contribution in [0, 0.1) is 0 Å². The number of ether oxygens (including phenoxy) is 3. The highest BCUT2D eigenvalue weighted by Crippen LogP contribution is 2.22. The predicted molar refractivity (Wildman–Crippen MR) is 64.4 cm³/mol. The molecule has 2 heterocycles. The van der Waals surface area contributed by atoms with Gasteiger partial charge in [-0.3, -0.25) is 0 Å². The van der Waals surface area contributed by atoms with E-state index in [1.54, 1.807) is 18.3 Å². The van der Waals surface area contributed by atoms with Gasteiger partial charge in [0.2, 0.25) is 0 Å². The molecule has 0 amide bonds. The number of fused-ring (bicyclic) bond motifs is 1. The fourth-order valence-electron chi connectivity index (χ4n) is 1.70. The Morgan fingerprint density at radius 1 is 1.16 bits per heavy atom. The SMILES string of the molecule is COC(=O)c1nn2ccc(OC)cc2c1C(=O)OC. The van der Waals surface area contributed by atoms with E-state index >= 15 is 0 Å². The molecule has 0 N–H and O–H groups in total. The Balaban J connectivity index is 2.74. The molecule has 0 atom stereocenters. The number of esters is 2. The number of rotatable bonds is 3. The molecule has 7 nitrogen and oxygen atoms in total. The van der Waals surface area contributed by atoms with Gasteiger partial charge in [0.15, 0.2) is 5.69 Å². The molecule has 0 aliphatic heterocycles. The van der Waals surface area contributed by atoms with Gasteiger partial charge in [-0.15, -0.1) is 0 Å². The lowest BCUT2D eigenvalue weighted by molar-refractivity contribution is 0.0553. The van der Waals surface area contributed by atoms with Gasteiger partial charge in [0.05, 0.1) is 26.8 Å².